The number of amides is 3. The Kier molecular flexibility index (Phi) is 5.88. The number of halogens is 1. The Bertz CT molecular complexity index is 928. The summed E-state index contributed by atoms with van der Waals surface area (Å²) in [5, 5.41) is 2.98. The lowest BCUT2D eigenvalue weighted by atomic mass is 10.00. The van der Waals surface area contributed by atoms with Crippen molar-refractivity contribution in [1.82, 2.24) is 9.80 Å². The highest BCUT2D eigenvalue weighted by molar-refractivity contribution is 9.10. The SMILES string of the molecule is Cc1ccccc1C(=O)N1CCSC12CCN(C(=O)Nc1ccccc1Br)CC2. The summed E-state index contributed by atoms with van der Waals surface area (Å²) in [7, 11) is 0. The topological polar surface area (TPSA) is 52.7 Å². The summed E-state index contributed by atoms with van der Waals surface area (Å²) < 4.78 is 0.864. The number of para-hydroxylation sites is 1. The van der Waals surface area contributed by atoms with Gasteiger partial charge in [0.25, 0.3) is 5.91 Å². The first-order chi connectivity index (χ1) is 14.0. The van der Waals surface area contributed by atoms with Gasteiger partial charge in [-0.1, -0.05) is 30.3 Å². The van der Waals surface area contributed by atoms with Gasteiger partial charge in [0.05, 0.1) is 10.6 Å². The summed E-state index contributed by atoms with van der Waals surface area (Å²) in [5.41, 5.74) is 2.56. The minimum atomic E-state index is -0.205. The molecule has 2 aliphatic heterocycles. The maximum atomic E-state index is 13.2. The zero-order valence-electron chi connectivity index (χ0n) is 16.4. The number of hydrogen-bond acceptors (Lipinski definition) is 3. The molecule has 0 atom stereocenters. The van der Waals surface area contributed by atoms with Crippen molar-refractivity contribution in [2.24, 2.45) is 0 Å². The van der Waals surface area contributed by atoms with Gasteiger partial charge in [-0.15, -0.1) is 11.8 Å². The predicted molar refractivity (Wildman–Crippen MR) is 121 cm³/mol. The number of hydrogen-bond donors (Lipinski definition) is 1. The monoisotopic (exact) mass is 473 g/mol. The van der Waals surface area contributed by atoms with E-state index in [1.165, 1.54) is 0 Å². The van der Waals surface area contributed by atoms with Crippen molar-refractivity contribution in [1.29, 1.82) is 0 Å². The zero-order valence-corrected chi connectivity index (χ0v) is 18.8. The van der Waals surface area contributed by atoms with E-state index in [0.29, 0.717) is 13.1 Å². The average Bonchev–Trinajstić information content (AvgIpc) is 3.13. The number of nitrogens with one attached hydrogen (secondary N) is 1. The summed E-state index contributed by atoms with van der Waals surface area (Å²) in [6.45, 7) is 4.03. The molecule has 0 saturated carbocycles. The molecule has 1 N–H and O–H groups in total. The minimum Gasteiger partial charge on any atom is -0.324 e. The predicted octanol–water partition coefficient (Wildman–Crippen LogP) is 4.97. The molecular formula is C22H24BrN3O2S. The van der Waals surface area contributed by atoms with Crippen molar-refractivity contribution in [3.05, 3.63) is 64.1 Å². The second kappa shape index (κ2) is 8.40. The van der Waals surface area contributed by atoms with Crippen LogP contribution in [-0.4, -0.2) is 52.0 Å². The number of nitrogens with zero attached hydrogens (tertiary/aromatic N) is 2. The Morgan fingerprint density at radius 1 is 1.03 bits per heavy atom. The molecule has 2 saturated heterocycles. The Morgan fingerprint density at radius 2 is 1.72 bits per heavy atom. The molecule has 2 aliphatic rings. The van der Waals surface area contributed by atoms with Crippen LogP contribution in [0.25, 0.3) is 0 Å². The van der Waals surface area contributed by atoms with E-state index >= 15 is 0 Å². The third-order valence-electron chi connectivity index (χ3n) is 5.75. The van der Waals surface area contributed by atoms with E-state index in [-0.39, 0.29) is 16.8 Å². The van der Waals surface area contributed by atoms with Crippen LogP contribution in [0, 0.1) is 6.92 Å². The highest BCUT2D eigenvalue weighted by atomic mass is 79.9. The van der Waals surface area contributed by atoms with Crippen molar-refractivity contribution < 1.29 is 9.59 Å². The summed E-state index contributed by atoms with van der Waals surface area (Å²) in [4.78, 5) is 29.6. The summed E-state index contributed by atoms with van der Waals surface area (Å²) in [6, 6.07) is 15.3. The van der Waals surface area contributed by atoms with E-state index in [1.807, 2.05) is 77.0 Å². The molecule has 2 aromatic carbocycles. The number of anilines is 1. The molecular weight excluding hydrogens is 450 g/mol. The molecule has 29 heavy (non-hydrogen) atoms. The fraction of sp³-hybridized carbons (Fsp3) is 0.364. The van der Waals surface area contributed by atoms with Crippen LogP contribution in [0.1, 0.15) is 28.8 Å². The molecule has 0 aliphatic carbocycles. The lowest BCUT2D eigenvalue weighted by molar-refractivity contribution is 0.0585. The van der Waals surface area contributed by atoms with Crippen LogP contribution in [-0.2, 0) is 0 Å². The second-order valence-electron chi connectivity index (χ2n) is 7.46. The third-order valence-corrected chi connectivity index (χ3v) is 7.99. The first-order valence-corrected chi connectivity index (χ1v) is 11.6. The van der Waals surface area contributed by atoms with Gasteiger partial charge in [0.2, 0.25) is 0 Å². The molecule has 2 fully saturated rings. The Hall–Kier alpha value is -1.99. The molecule has 5 nitrogen and oxygen atoms in total. The van der Waals surface area contributed by atoms with Crippen LogP contribution in [0.5, 0.6) is 0 Å². The fourth-order valence-electron chi connectivity index (χ4n) is 4.08. The molecule has 3 amide bonds. The quantitative estimate of drug-likeness (QED) is 0.669. The van der Waals surface area contributed by atoms with Gasteiger partial charge in [-0.3, -0.25) is 4.79 Å². The van der Waals surface area contributed by atoms with Gasteiger partial charge in [-0.05, 0) is 59.5 Å². The Labute approximate surface area is 184 Å². The summed E-state index contributed by atoms with van der Waals surface area (Å²) >= 11 is 5.33. The Balaban J connectivity index is 1.43. The van der Waals surface area contributed by atoms with Crippen LogP contribution >= 0.6 is 27.7 Å². The number of thioether (sulfide) groups is 1. The number of urea groups is 1. The van der Waals surface area contributed by atoms with Crippen LogP contribution in [0.2, 0.25) is 0 Å². The van der Waals surface area contributed by atoms with Crippen LogP contribution in [0.3, 0.4) is 0 Å². The molecule has 0 radical (unpaired) electrons. The van der Waals surface area contributed by atoms with Gasteiger partial charge >= 0.3 is 6.03 Å². The van der Waals surface area contributed by atoms with Gasteiger partial charge in [0, 0.05) is 35.4 Å². The minimum absolute atomic E-state index is 0.0912. The van der Waals surface area contributed by atoms with Crippen molar-refractivity contribution >= 4 is 45.3 Å². The zero-order chi connectivity index (χ0) is 20.4. The molecule has 0 aromatic heterocycles. The summed E-state index contributed by atoms with van der Waals surface area (Å²) in [6.07, 6.45) is 1.58. The second-order valence-corrected chi connectivity index (χ2v) is 9.77. The molecule has 1 spiro atoms. The molecule has 152 valence electrons. The van der Waals surface area contributed by atoms with Crippen molar-refractivity contribution in [2.75, 3.05) is 30.7 Å². The standard InChI is InChI=1S/C22H24BrN3O2S/c1-16-6-2-3-7-17(16)20(27)26-14-15-29-22(26)10-12-25(13-11-22)21(28)24-19-9-5-4-8-18(19)23/h2-9H,10-15H2,1H3,(H,24,28). The van der Waals surface area contributed by atoms with E-state index in [1.54, 1.807) is 0 Å². The molecule has 2 aromatic rings. The molecule has 4 rings (SSSR count). The highest BCUT2D eigenvalue weighted by Gasteiger charge is 2.47. The first-order valence-electron chi connectivity index (χ1n) is 9.82. The number of aryl methyl sites for hydroxylation is 1. The maximum absolute atomic E-state index is 13.2. The number of piperidine rings is 1. The number of carbonyl (C=O) groups excluding carboxylic acids is 2. The lowest BCUT2D eigenvalue weighted by Crippen LogP contribution is -2.54. The largest absolute Gasteiger partial charge is 0.324 e. The fourth-order valence-corrected chi connectivity index (χ4v) is 5.92. The van der Waals surface area contributed by atoms with Crippen LogP contribution in [0.4, 0.5) is 10.5 Å². The van der Waals surface area contributed by atoms with E-state index in [9.17, 15) is 9.59 Å². The van der Waals surface area contributed by atoms with Crippen molar-refractivity contribution in [3.63, 3.8) is 0 Å². The number of likely N-dealkylation sites (tertiary alicyclic amines) is 1. The number of carbonyl (C=O) groups is 2. The van der Waals surface area contributed by atoms with Gasteiger partial charge in [0.15, 0.2) is 0 Å². The van der Waals surface area contributed by atoms with Gasteiger partial charge in [-0.2, -0.15) is 0 Å². The van der Waals surface area contributed by atoms with Crippen LogP contribution in [0.15, 0.2) is 53.0 Å². The molecule has 7 heteroatoms. The number of benzene rings is 2. The normalized spacial score (nSPS) is 18.1. The van der Waals surface area contributed by atoms with E-state index in [0.717, 1.165) is 46.4 Å². The van der Waals surface area contributed by atoms with E-state index in [2.05, 4.69) is 21.2 Å². The molecule has 2 heterocycles. The van der Waals surface area contributed by atoms with Crippen LogP contribution < -0.4 is 5.32 Å². The maximum Gasteiger partial charge on any atom is 0.321 e. The van der Waals surface area contributed by atoms with E-state index < -0.39 is 0 Å². The smallest absolute Gasteiger partial charge is 0.321 e. The Morgan fingerprint density at radius 3 is 2.45 bits per heavy atom. The first kappa shape index (κ1) is 20.3. The van der Waals surface area contributed by atoms with E-state index in [4.69, 9.17) is 0 Å². The number of rotatable bonds is 2. The lowest BCUT2D eigenvalue weighted by Gasteiger charge is -2.44. The van der Waals surface area contributed by atoms with Gasteiger partial charge < -0.3 is 15.1 Å². The molecule has 0 unspecified atom stereocenters. The third kappa shape index (κ3) is 4.03. The average molecular weight is 474 g/mol. The van der Waals surface area contributed by atoms with Gasteiger partial charge in [-0.25, -0.2) is 4.79 Å². The highest BCUT2D eigenvalue weighted by Crippen LogP contribution is 2.44. The van der Waals surface area contributed by atoms with Gasteiger partial charge in [0.1, 0.15) is 0 Å². The summed E-state index contributed by atoms with van der Waals surface area (Å²) in [5.74, 6) is 1.06. The molecule has 0 bridgehead atoms. The van der Waals surface area contributed by atoms with Crippen molar-refractivity contribution in [2.45, 2.75) is 24.6 Å². The van der Waals surface area contributed by atoms with Crippen molar-refractivity contribution in [3.8, 4) is 0 Å².